The Balaban J connectivity index is 2.09. The molecule has 0 bridgehead atoms. The number of halogens is 1. The number of benzene rings is 1. The van der Waals surface area contributed by atoms with E-state index >= 15 is 0 Å². The van der Waals surface area contributed by atoms with E-state index < -0.39 is 0 Å². The smallest absolute Gasteiger partial charge is 0.273 e. The molecule has 21 heavy (non-hydrogen) atoms. The summed E-state index contributed by atoms with van der Waals surface area (Å²) in [7, 11) is 0. The molecule has 0 aliphatic heterocycles. The predicted octanol–water partition coefficient (Wildman–Crippen LogP) is 1.15. The van der Waals surface area contributed by atoms with Gasteiger partial charge in [-0.3, -0.25) is 4.79 Å². The van der Waals surface area contributed by atoms with Crippen molar-refractivity contribution in [2.75, 3.05) is 6.61 Å². The Labute approximate surface area is 121 Å². The maximum atomic E-state index is 12.9. The van der Waals surface area contributed by atoms with Gasteiger partial charge in [0.2, 0.25) is 0 Å². The van der Waals surface area contributed by atoms with E-state index in [1.54, 1.807) is 12.1 Å². The molecule has 1 amide bonds. The number of nitrogens with zero attached hydrogens (tertiary/aromatic N) is 3. The van der Waals surface area contributed by atoms with Crippen LogP contribution in [0.5, 0.6) is 0 Å². The number of aliphatic hydroxyl groups excluding tert-OH is 1. The average molecular weight is 292 g/mol. The van der Waals surface area contributed by atoms with Crippen LogP contribution in [0.1, 0.15) is 24.3 Å². The first-order valence-corrected chi connectivity index (χ1v) is 6.61. The van der Waals surface area contributed by atoms with Crippen molar-refractivity contribution in [3.63, 3.8) is 0 Å². The molecule has 0 saturated carbocycles. The fourth-order valence-corrected chi connectivity index (χ4v) is 1.67. The number of aromatic nitrogens is 3. The van der Waals surface area contributed by atoms with E-state index in [0.29, 0.717) is 5.69 Å². The molecule has 1 heterocycles. The minimum atomic E-state index is -0.365. The molecule has 0 spiro atoms. The zero-order valence-corrected chi connectivity index (χ0v) is 11.8. The third-order valence-corrected chi connectivity index (χ3v) is 3.32. The molecule has 2 aromatic rings. The quantitative estimate of drug-likeness (QED) is 0.866. The van der Waals surface area contributed by atoms with E-state index in [2.05, 4.69) is 15.6 Å². The highest BCUT2D eigenvalue weighted by Crippen LogP contribution is 2.08. The third-order valence-electron chi connectivity index (χ3n) is 3.32. The fourth-order valence-electron chi connectivity index (χ4n) is 1.67. The van der Waals surface area contributed by atoms with Crippen LogP contribution in [-0.2, 0) is 0 Å². The number of hydrogen-bond donors (Lipinski definition) is 2. The lowest BCUT2D eigenvalue weighted by Crippen LogP contribution is -2.38. The van der Waals surface area contributed by atoms with Crippen molar-refractivity contribution in [1.82, 2.24) is 20.3 Å². The lowest BCUT2D eigenvalue weighted by Gasteiger charge is -2.18. The Hall–Kier alpha value is -2.28. The maximum absolute atomic E-state index is 12.9. The fraction of sp³-hybridized carbons (Fsp3) is 0.357. The molecule has 112 valence electrons. The standard InChI is InChI=1S/C14H17FN4O2/c1-9(8-20)10(2)16-14(21)13-7-19(18-17-13)12-5-3-11(15)4-6-12/h3-7,9-10,20H,8H2,1-2H3,(H,16,21). The summed E-state index contributed by atoms with van der Waals surface area (Å²) in [6.07, 6.45) is 1.47. The molecule has 0 fully saturated rings. The Bertz CT molecular complexity index is 612. The summed E-state index contributed by atoms with van der Waals surface area (Å²) in [5.41, 5.74) is 0.774. The van der Waals surface area contributed by atoms with Gasteiger partial charge in [0.05, 0.1) is 11.9 Å². The molecule has 2 rings (SSSR count). The largest absolute Gasteiger partial charge is 0.396 e. The first-order chi connectivity index (χ1) is 10.0. The number of carbonyl (C=O) groups excluding carboxylic acids is 1. The zero-order chi connectivity index (χ0) is 15.4. The summed E-state index contributed by atoms with van der Waals surface area (Å²) >= 11 is 0. The van der Waals surface area contributed by atoms with Crippen molar-refractivity contribution in [2.45, 2.75) is 19.9 Å². The van der Waals surface area contributed by atoms with Gasteiger partial charge >= 0.3 is 0 Å². The van der Waals surface area contributed by atoms with E-state index in [-0.39, 0.29) is 36.0 Å². The van der Waals surface area contributed by atoms with Crippen molar-refractivity contribution in [3.8, 4) is 5.69 Å². The molecule has 1 aromatic carbocycles. The van der Waals surface area contributed by atoms with Gasteiger partial charge in [0.15, 0.2) is 5.69 Å². The van der Waals surface area contributed by atoms with E-state index in [4.69, 9.17) is 5.11 Å². The molecule has 0 aliphatic carbocycles. The van der Waals surface area contributed by atoms with Crippen LogP contribution in [-0.4, -0.2) is 38.7 Å². The number of rotatable bonds is 5. The second-order valence-electron chi connectivity index (χ2n) is 4.95. The minimum Gasteiger partial charge on any atom is -0.396 e. The first-order valence-electron chi connectivity index (χ1n) is 6.61. The first kappa shape index (κ1) is 15.1. The van der Waals surface area contributed by atoms with Crippen molar-refractivity contribution in [1.29, 1.82) is 0 Å². The molecule has 2 atom stereocenters. The SMILES string of the molecule is CC(CO)C(C)NC(=O)c1cn(-c2ccc(F)cc2)nn1. The molecule has 6 nitrogen and oxygen atoms in total. The molecule has 7 heteroatoms. The van der Waals surface area contributed by atoms with E-state index in [1.807, 2.05) is 13.8 Å². The van der Waals surface area contributed by atoms with Gasteiger partial charge in [-0.05, 0) is 37.1 Å². The minimum absolute atomic E-state index is 0.0102. The van der Waals surface area contributed by atoms with Gasteiger partial charge in [0.25, 0.3) is 5.91 Å². The summed E-state index contributed by atoms with van der Waals surface area (Å²) in [4.78, 5) is 12.0. The topological polar surface area (TPSA) is 80.0 Å². The predicted molar refractivity (Wildman–Crippen MR) is 74.5 cm³/mol. The molecule has 0 saturated heterocycles. The summed E-state index contributed by atoms with van der Waals surface area (Å²) in [6, 6.07) is 5.52. The Morgan fingerprint density at radius 3 is 2.67 bits per heavy atom. The van der Waals surface area contributed by atoms with Gasteiger partial charge in [-0.2, -0.15) is 0 Å². The van der Waals surface area contributed by atoms with E-state index in [9.17, 15) is 9.18 Å². The monoisotopic (exact) mass is 292 g/mol. The number of nitrogens with one attached hydrogen (secondary N) is 1. The maximum Gasteiger partial charge on any atom is 0.273 e. The lowest BCUT2D eigenvalue weighted by molar-refractivity contribution is 0.0911. The Morgan fingerprint density at radius 2 is 2.05 bits per heavy atom. The molecular weight excluding hydrogens is 275 g/mol. The van der Waals surface area contributed by atoms with E-state index in [0.717, 1.165) is 0 Å². The summed E-state index contributed by atoms with van der Waals surface area (Å²) in [5.74, 6) is -0.763. The highest BCUT2D eigenvalue weighted by Gasteiger charge is 2.17. The number of aliphatic hydroxyl groups is 1. The highest BCUT2D eigenvalue weighted by molar-refractivity contribution is 5.92. The van der Waals surface area contributed by atoms with Gasteiger partial charge in [0.1, 0.15) is 5.82 Å². The molecule has 0 aliphatic rings. The number of carbonyl (C=O) groups is 1. The summed E-state index contributed by atoms with van der Waals surface area (Å²) < 4.78 is 14.3. The van der Waals surface area contributed by atoms with Crippen molar-refractivity contribution in [3.05, 3.63) is 42.0 Å². The summed E-state index contributed by atoms with van der Waals surface area (Å²) in [5, 5.41) is 19.4. The average Bonchev–Trinajstić information content (AvgIpc) is 2.97. The van der Waals surface area contributed by atoms with Gasteiger partial charge in [-0.1, -0.05) is 12.1 Å². The van der Waals surface area contributed by atoms with Gasteiger partial charge in [-0.25, -0.2) is 9.07 Å². The molecule has 2 unspecified atom stereocenters. The molecular formula is C14H17FN4O2. The van der Waals surface area contributed by atoms with Crippen LogP contribution in [0, 0.1) is 11.7 Å². The van der Waals surface area contributed by atoms with Crippen LogP contribution < -0.4 is 5.32 Å². The van der Waals surface area contributed by atoms with Gasteiger partial charge < -0.3 is 10.4 Å². The second kappa shape index (κ2) is 6.45. The van der Waals surface area contributed by atoms with Gasteiger partial charge in [0, 0.05) is 12.6 Å². The molecule has 1 aromatic heterocycles. The Morgan fingerprint density at radius 1 is 1.38 bits per heavy atom. The van der Waals surface area contributed by atoms with Crippen molar-refractivity contribution in [2.24, 2.45) is 5.92 Å². The lowest BCUT2D eigenvalue weighted by atomic mass is 10.1. The molecule has 2 N–H and O–H groups in total. The third kappa shape index (κ3) is 3.63. The van der Waals surface area contributed by atoms with Gasteiger partial charge in [-0.15, -0.1) is 5.10 Å². The normalized spacial score (nSPS) is 13.7. The van der Waals surface area contributed by atoms with Crippen molar-refractivity contribution < 1.29 is 14.3 Å². The van der Waals surface area contributed by atoms with Crippen LogP contribution in [0.15, 0.2) is 30.5 Å². The van der Waals surface area contributed by atoms with Crippen LogP contribution in [0.4, 0.5) is 4.39 Å². The van der Waals surface area contributed by atoms with Crippen LogP contribution in [0.25, 0.3) is 5.69 Å². The van der Waals surface area contributed by atoms with Crippen molar-refractivity contribution >= 4 is 5.91 Å². The van der Waals surface area contributed by atoms with E-state index in [1.165, 1.54) is 23.0 Å². The second-order valence-corrected chi connectivity index (χ2v) is 4.95. The zero-order valence-electron chi connectivity index (χ0n) is 11.8. The number of amides is 1. The van der Waals surface area contributed by atoms with Crippen LogP contribution in [0.2, 0.25) is 0 Å². The highest BCUT2D eigenvalue weighted by atomic mass is 19.1. The molecule has 0 radical (unpaired) electrons. The summed E-state index contributed by atoms with van der Waals surface area (Å²) in [6.45, 7) is 3.63. The Kier molecular flexibility index (Phi) is 4.64. The van der Waals surface area contributed by atoms with Crippen LogP contribution in [0.3, 0.4) is 0 Å². The van der Waals surface area contributed by atoms with Crippen LogP contribution >= 0.6 is 0 Å². The number of hydrogen-bond acceptors (Lipinski definition) is 4.